The second kappa shape index (κ2) is 5.88. The highest BCUT2D eigenvalue weighted by Gasteiger charge is 2.08. The number of rotatable bonds is 5. The number of aromatic amines is 1. The Hall–Kier alpha value is -2.83. The van der Waals surface area contributed by atoms with E-state index in [0.29, 0.717) is 24.5 Å². The maximum Gasteiger partial charge on any atom is 0.217 e. The van der Waals surface area contributed by atoms with Crippen LogP contribution in [0, 0.1) is 5.82 Å². The fraction of sp³-hybridized carbons (Fsp3) is 0.200. The van der Waals surface area contributed by atoms with Gasteiger partial charge in [0.05, 0.1) is 18.8 Å². The van der Waals surface area contributed by atoms with E-state index in [4.69, 9.17) is 4.52 Å². The van der Waals surface area contributed by atoms with Crippen LogP contribution in [0.25, 0.3) is 10.9 Å². The molecule has 0 aliphatic rings. The summed E-state index contributed by atoms with van der Waals surface area (Å²) in [6.45, 7) is 2.21. The van der Waals surface area contributed by atoms with Gasteiger partial charge in [-0.1, -0.05) is 5.16 Å². The van der Waals surface area contributed by atoms with Crippen molar-refractivity contribution < 1.29 is 13.7 Å². The molecule has 0 fully saturated rings. The van der Waals surface area contributed by atoms with Crippen molar-refractivity contribution in [3.05, 3.63) is 47.7 Å². The van der Waals surface area contributed by atoms with Gasteiger partial charge in [0, 0.05) is 29.6 Å². The maximum absolute atomic E-state index is 14.1. The average molecular weight is 302 g/mol. The van der Waals surface area contributed by atoms with Gasteiger partial charge in [-0.05, 0) is 18.2 Å². The second-order valence-corrected chi connectivity index (χ2v) is 4.97. The number of hydrogen-bond donors (Lipinski definition) is 3. The lowest BCUT2D eigenvalue weighted by Crippen LogP contribution is -2.18. The highest BCUT2D eigenvalue weighted by atomic mass is 19.1. The van der Waals surface area contributed by atoms with Gasteiger partial charge in [-0.3, -0.25) is 4.79 Å². The van der Waals surface area contributed by atoms with E-state index in [2.05, 4.69) is 20.8 Å². The molecule has 22 heavy (non-hydrogen) atoms. The van der Waals surface area contributed by atoms with Crippen molar-refractivity contribution >= 4 is 22.5 Å². The zero-order valence-electron chi connectivity index (χ0n) is 11.9. The van der Waals surface area contributed by atoms with E-state index in [0.717, 1.165) is 16.6 Å². The zero-order chi connectivity index (χ0) is 15.5. The van der Waals surface area contributed by atoms with Crippen LogP contribution in [0.5, 0.6) is 0 Å². The fourth-order valence-corrected chi connectivity index (χ4v) is 2.18. The molecule has 0 saturated heterocycles. The number of nitrogens with zero attached hydrogens (tertiary/aromatic N) is 1. The van der Waals surface area contributed by atoms with Crippen LogP contribution in [-0.2, 0) is 17.9 Å². The molecule has 1 aromatic carbocycles. The number of fused-ring (bicyclic) bond motifs is 1. The summed E-state index contributed by atoms with van der Waals surface area (Å²) in [7, 11) is 0. The second-order valence-electron chi connectivity index (χ2n) is 4.97. The number of halogens is 1. The number of carbonyl (C=O) groups excluding carboxylic acids is 1. The van der Waals surface area contributed by atoms with Crippen LogP contribution in [0.15, 0.2) is 35.1 Å². The van der Waals surface area contributed by atoms with E-state index in [-0.39, 0.29) is 11.7 Å². The summed E-state index contributed by atoms with van der Waals surface area (Å²) >= 11 is 0. The molecule has 3 rings (SSSR count). The number of H-pyrrole nitrogens is 1. The van der Waals surface area contributed by atoms with E-state index in [1.807, 2.05) is 6.07 Å². The largest absolute Gasteiger partial charge is 0.377 e. The Kier molecular flexibility index (Phi) is 3.78. The van der Waals surface area contributed by atoms with E-state index in [1.165, 1.54) is 19.3 Å². The first kappa shape index (κ1) is 14.1. The number of amides is 1. The SMILES string of the molecule is CC(=O)NCc1cc2cc(F)c(NCc3ccon3)cc2[nH]1. The van der Waals surface area contributed by atoms with Gasteiger partial charge in [-0.2, -0.15) is 0 Å². The normalized spacial score (nSPS) is 10.8. The minimum Gasteiger partial charge on any atom is -0.377 e. The van der Waals surface area contributed by atoms with Crippen molar-refractivity contribution in [2.75, 3.05) is 5.32 Å². The van der Waals surface area contributed by atoms with Gasteiger partial charge in [0.15, 0.2) is 0 Å². The quantitative estimate of drug-likeness (QED) is 0.676. The molecule has 0 spiro atoms. The monoisotopic (exact) mass is 302 g/mol. The van der Waals surface area contributed by atoms with Crippen molar-refractivity contribution in [2.24, 2.45) is 0 Å². The molecule has 0 radical (unpaired) electrons. The summed E-state index contributed by atoms with van der Waals surface area (Å²) in [6.07, 6.45) is 1.47. The van der Waals surface area contributed by atoms with E-state index >= 15 is 0 Å². The maximum atomic E-state index is 14.1. The van der Waals surface area contributed by atoms with Crippen LogP contribution in [0.4, 0.5) is 10.1 Å². The van der Waals surface area contributed by atoms with E-state index in [9.17, 15) is 9.18 Å². The van der Waals surface area contributed by atoms with Gasteiger partial charge < -0.3 is 20.1 Å². The van der Waals surface area contributed by atoms with E-state index in [1.54, 1.807) is 12.1 Å². The molecular weight excluding hydrogens is 287 g/mol. The zero-order valence-corrected chi connectivity index (χ0v) is 11.9. The molecule has 2 heterocycles. The number of aromatic nitrogens is 2. The summed E-state index contributed by atoms with van der Waals surface area (Å²) in [5, 5.41) is 10.2. The Morgan fingerprint density at radius 2 is 2.23 bits per heavy atom. The molecular formula is C15H15FN4O2. The molecule has 0 atom stereocenters. The van der Waals surface area contributed by atoms with Crippen molar-refractivity contribution in [3.63, 3.8) is 0 Å². The van der Waals surface area contributed by atoms with Crippen LogP contribution in [-0.4, -0.2) is 16.0 Å². The molecule has 1 amide bonds. The van der Waals surface area contributed by atoms with Crippen LogP contribution in [0.2, 0.25) is 0 Å². The molecule has 2 aromatic heterocycles. The Bertz CT molecular complexity index is 795. The van der Waals surface area contributed by atoms with Gasteiger partial charge in [0.25, 0.3) is 0 Å². The third kappa shape index (κ3) is 3.08. The minimum atomic E-state index is -0.346. The van der Waals surface area contributed by atoms with Gasteiger partial charge in [-0.25, -0.2) is 4.39 Å². The average Bonchev–Trinajstić information content (AvgIpc) is 3.11. The van der Waals surface area contributed by atoms with Crippen LogP contribution in [0.3, 0.4) is 0 Å². The van der Waals surface area contributed by atoms with Crippen molar-refractivity contribution in [1.82, 2.24) is 15.5 Å². The standard InChI is InChI=1S/C15H15FN4O2/c1-9(21)17-8-12-4-10-5-13(16)15(6-14(10)19-12)18-7-11-2-3-22-20-11/h2-6,18-19H,7-8H2,1H3,(H,17,21). The number of benzene rings is 1. The first-order valence-corrected chi connectivity index (χ1v) is 6.80. The minimum absolute atomic E-state index is 0.111. The smallest absolute Gasteiger partial charge is 0.217 e. The molecule has 6 nitrogen and oxygen atoms in total. The fourth-order valence-electron chi connectivity index (χ4n) is 2.18. The molecule has 0 bridgehead atoms. The summed E-state index contributed by atoms with van der Waals surface area (Å²) < 4.78 is 18.8. The number of carbonyl (C=O) groups is 1. The summed E-state index contributed by atoms with van der Waals surface area (Å²) in [6, 6.07) is 6.68. The summed E-state index contributed by atoms with van der Waals surface area (Å²) in [5.41, 5.74) is 2.68. The highest BCUT2D eigenvalue weighted by Crippen LogP contribution is 2.24. The Morgan fingerprint density at radius 3 is 2.95 bits per heavy atom. The molecule has 0 saturated carbocycles. The third-order valence-corrected chi connectivity index (χ3v) is 3.24. The topological polar surface area (TPSA) is 82.9 Å². The lowest BCUT2D eigenvalue weighted by molar-refractivity contribution is -0.119. The molecule has 114 valence electrons. The van der Waals surface area contributed by atoms with Gasteiger partial charge in [0.1, 0.15) is 17.8 Å². The Balaban J connectivity index is 1.79. The number of anilines is 1. The van der Waals surface area contributed by atoms with Gasteiger partial charge in [0.2, 0.25) is 5.91 Å². The van der Waals surface area contributed by atoms with Gasteiger partial charge >= 0.3 is 0 Å². The molecule has 0 unspecified atom stereocenters. The Morgan fingerprint density at radius 1 is 1.36 bits per heavy atom. The molecule has 3 N–H and O–H groups in total. The molecule has 3 aromatic rings. The Labute approximate surface area is 125 Å². The number of nitrogens with one attached hydrogen (secondary N) is 3. The van der Waals surface area contributed by atoms with E-state index < -0.39 is 0 Å². The van der Waals surface area contributed by atoms with Gasteiger partial charge in [-0.15, -0.1) is 0 Å². The number of hydrogen-bond acceptors (Lipinski definition) is 4. The van der Waals surface area contributed by atoms with Crippen molar-refractivity contribution in [2.45, 2.75) is 20.0 Å². The molecule has 7 heteroatoms. The van der Waals surface area contributed by atoms with Crippen molar-refractivity contribution in [3.8, 4) is 0 Å². The lowest BCUT2D eigenvalue weighted by Gasteiger charge is -2.05. The van der Waals surface area contributed by atoms with Crippen molar-refractivity contribution in [1.29, 1.82) is 0 Å². The summed E-state index contributed by atoms with van der Waals surface area (Å²) in [5.74, 6) is -0.458. The first-order chi connectivity index (χ1) is 10.6. The van der Waals surface area contributed by atoms with Crippen LogP contribution >= 0.6 is 0 Å². The molecule has 0 aliphatic heterocycles. The van der Waals surface area contributed by atoms with Crippen LogP contribution < -0.4 is 10.6 Å². The highest BCUT2D eigenvalue weighted by molar-refractivity contribution is 5.84. The predicted octanol–water partition coefficient (Wildman–Crippen LogP) is 2.54. The molecule has 0 aliphatic carbocycles. The van der Waals surface area contributed by atoms with Crippen LogP contribution in [0.1, 0.15) is 18.3 Å². The lowest BCUT2D eigenvalue weighted by atomic mass is 10.2. The first-order valence-electron chi connectivity index (χ1n) is 6.80. The summed E-state index contributed by atoms with van der Waals surface area (Å²) in [4.78, 5) is 14.1. The predicted molar refractivity (Wildman–Crippen MR) is 79.6 cm³/mol. The third-order valence-electron chi connectivity index (χ3n) is 3.24.